The number of rotatable bonds is 11. The molecule has 0 unspecified atom stereocenters. The molecule has 0 atom stereocenters. The zero-order valence-electron chi connectivity index (χ0n) is 20.1. The topological polar surface area (TPSA) is 121 Å². The second-order valence-corrected chi connectivity index (χ2v) is 8.13. The molecule has 4 N–H and O–H groups in total. The van der Waals surface area contributed by atoms with Crippen LogP contribution in [-0.2, 0) is 11.3 Å². The lowest BCUT2D eigenvalue weighted by Gasteiger charge is -2.10. The van der Waals surface area contributed by atoms with Crippen LogP contribution in [0.2, 0.25) is 0 Å². The lowest BCUT2D eigenvalue weighted by molar-refractivity contribution is 0.0946. The first-order valence-corrected chi connectivity index (χ1v) is 11.7. The van der Waals surface area contributed by atoms with Crippen molar-refractivity contribution in [3.63, 3.8) is 0 Å². The third-order valence-corrected chi connectivity index (χ3v) is 5.51. The van der Waals surface area contributed by atoms with Crippen molar-refractivity contribution in [3.8, 4) is 5.75 Å². The Kier molecular flexibility index (Phi) is 8.15. The van der Waals surface area contributed by atoms with Gasteiger partial charge in [-0.15, -0.1) is 0 Å². The molecule has 0 aliphatic heterocycles. The number of ether oxygens (including phenoxy) is 2. The molecule has 36 heavy (non-hydrogen) atoms. The molecule has 0 fully saturated rings. The number of amides is 2. The van der Waals surface area contributed by atoms with Crippen LogP contribution in [0.25, 0.3) is 11.0 Å². The number of nitrogens with one attached hydrogen (secondary N) is 2. The predicted molar refractivity (Wildman–Crippen MR) is 139 cm³/mol. The second-order valence-electron chi connectivity index (χ2n) is 8.13. The summed E-state index contributed by atoms with van der Waals surface area (Å²) < 4.78 is 12.7. The number of hydrogen-bond acceptors (Lipinski definition) is 6. The zero-order chi connectivity index (χ0) is 25.3. The van der Waals surface area contributed by atoms with Gasteiger partial charge in [-0.1, -0.05) is 24.3 Å². The minimum atomic E-state index is -0.318. The van der Waals surface area contributed by atoms with E-state index in [1.807, 2.05) is 41.0 Å². The number of hydrogen-bond donors (Lipinski definition) is 3. The molecule has 2 amide bonds. The zero-order valence-corrected chi connectivity index (χ0v) is 20.1. The lowest BCUT2D eigenvalue weighted by Crippen LogP contribution is -2.28. The van der Waals surface area contributed by atoms with Crippen LogP contribution in [0.4, 0.5) is 11.6 Å². The fourth-order valence-corrected chi connectivity index (χ4v) is 3.77. The molecule has 0 spiro atoms. The van der Waals surface area contributed by atoms with E-state index in [4.69, 9.17) is 15.2 Å². The van der Waals surface area contributed by atoms with Gasteiger partial charge in [0.2, 0.25) is 5.95 Å². The van der Waals surface area contributed by atoms with E-state index in [1.54, 1.807) is 43.5 Å². The molecule has 186 valence electrons. The largest absolute Gasteiger partial charge is 0.492 e. The molecule has 9 nitrogen and oxygen atoms in total. The van der Waals surface area contributed by atoms with Gasteiger partial charge in [0.05, 0.1) is 17.6 Å². The molecule has 1 heterocycles. The molecule has 0 aliphatic rings. The normalized spacial score (nSPS) is 10.8. The van der Waals surface area contributed by atoms with Crippen LogP contribution < -0.4 is 21.1 Å². The third kappa shape index (κ3) is 6.19. The van der Waals surface area contributed by atoms with Crippen molar-refractivity contribution in [2.45, 2.75) is 13.0 Å². The first-order valence-electron chi connectivity index (χ1n) is 11.7. The highest BCUT2D eigenvalue weighted by Gasteiger charge is 2.16. The summed E-state index contributed by atoms with van der Waals surface area (Å²) in [6.07, 6.45) is 0.729. The fraction of sp³-hybridized carbons (Fsp3) is 0.222. The van der Waals surface area contributed by atoms with Gasteiger partial charge in [0.25, 0.3) is 11.8 Å². The first kappa shape index (κ1) is 24.7. The number of nitrogens with two attached hydrogens (primary N) is 1. The van der Waals surface area contributed by atoms with Crippen LogP contribution in [0, 0.1) is 0 Å². The summed E-state index contributed by atoms with van der Waals surface area (Å²) in [6.45, 7) is 1.86. The Morgan fingerprint density at radius 1 is 0.944 bits per heavy atom. The SMILES string of the molecule is COCCCn1c(NC(=O)c2cccc(N)c2)nc2cc(C(=O)NCCOc3ccccc3)ccc21. The molecule has 0 bridgehead atoms. The number of aromatic nitrogens is 2. The second kappa shape index (κ2) is 11.9. The highest BCUT2D eigenvalue weighted by molar-refractivity contribution is 6.05. The number of benzene rings is 3. The molecule has 0 radical (unpaired) electrons. The van der Waals surface area contributed by atoms with Gasteiger partial charge in [-0.3, -0.25) is 14.9 Å². The first-order chi connectivity index (χ1) is 17.5. The third-order valence-electron chi connectivity index (χ3n) is 5.51. The Morgan fingerprint density at radius 2 is 1.75 bits per heavy atom. The van der Waals surface area contributed by atoms with Gasteiger partial charge in [-0.05, 0) is 55.0 Å². The monoisotopic (exact) mass is 487 g/mol. The molecule has 4 aromatic rings. The van der Waals surface area contributed by atoms with Gasteiger partial charge in [-0.2, -0.15) is 0 Å². The van der Waals surface area contributed by atoms with Crippen molar-refractivity contribution in [2.75, 3.05) is 37.9 Å². The number of carbonyl (C=O) groups is 2. The number of nitrogens with zero attached hydrogens (tertiary/aromatic N) is 2. The number of carbonyl (C=O) groups excluding carboxylic acids is 2. The van der Waals surface area contributed by atoms with Gasteiger partial charge < -0.3 is 25.1 Å². The van der Waals surface area contributed by atoms with Crippen LogP contribution in [0.15, 0.2) is 72.8 Å². The van der Waals surface area contributed by atoms with Crippen LogP contribution in [0.5, 0.6) is 5.75 Å². The number of aryl methyl sites for hydroxylation is 1. The molecule has 1 aromatic heterocycles. The van der Waals surface area contributed by atoms with E-state index in [1.165, 1.54) is 0 Å². The lowest BCUT2D eigenvalue weighted by atomic mass is 10.2. The summed E-state index contributed by atoms with van der Waals surface area (Å²) in [6, 6.07) is 21.5. The van der Waals surface area contributed by atoms with Gasteiger partial charge in [0.15, 0.2) is 0 Å². The van der Waals surface area contributed by atoms with Crippen LogP contribution in [0.3, 0.4) is 0 Å². The van der Waals surface area contributed by atoms with E-state index in [0.29, 0.717) is 54.6 Å². The molecule has 3 aromatic carbocycles. The molecule has 9 heteroatoms. The maximum atomic E-state index is 12.8. The summed E-state index contributed by atoms with van der Waals surface area (Å²) in [7, 11) is 1.64. The van der Waals surface area contributed by atoms with Crippen molar-refractivity contribution in [2.24, 2.45) is 0 Å². The van der Waals surface area contributed by atoms with E-state index < -0.39 is 0 Å². The Hall–Kier alpha value is -4.37. The highest BCUT2D eigenvalue weighted by atomic mass is 16.5. The quantitative estimate of drug-likeness (QED) is 0.219. The van der Waals surface area contributed by atoms with Crippen molar-refractivity contribution in [1.82, 2.24) is 14.9 Å². The van der Waals surface area contributed by atoms with Gasteiger partial charge >= 0.3 is 0 Å². The van der Waals surface area contributed by atoms with Crippen molar-refractivity contribution >= 4 is 34.5 Å². The van der Waals surface area contributed by atoms with Crippen LogP contribution in [-0.4, -0.2) is 48.2 Å². The minimum absolute atomic E-state index is 0.229. The van der Waals surface area contributed by atoms with E-state index >= 15 is 0 Å². The number of imidazole rings is 1. The van der Waals surface area contributed by atoms with E-state index in [2.05, 4.69) is 15.6 Å². The van der Waals surface area contributed by atoms with Gasteiger partial charge in [-0.25, -0.2) is 4.98 Å². The standard InChI is InChI=1S/C27H29N5O4/c1-35-15-6-14-32-24-12-11-20(25(33)29-13-16-36-22-9-3-2-4-10-22)18-23(24)30-27(32)31-26(34)19-7-5-8-21(28)17-19/h2-5,7-12,17-18H,6,13-16,28H2,1H3,(H,29,33)(H,30,31,34). The van der Waals surface area contributed by atoms with Crippen LogP contribution in [0.1, 0.15) is 27.1 Å². The van der Waals surface area contributed by atoms with E-state index in [0.717, 1.165) is 17.7 Å². The molecule has 0 aliphatic carbocycles. The van der Waals surface area contributed by atoms with E-state index in [9.17, 15) is 9.59 Å². The summed E-state index contributed by atoms with van der Waals surface area (Å²) in [5, 5.41) is 5.74. The van der Waals surface area contributed by atoms with Gasteiger partial charge in [0.1, 0.15) is 12.4 Å². The smallest absolute Gasteiger partial charge is 0.258 e. The highest BCUT2D eigenvalue weighted by Crippen LogP contribution is 2.23. The summed E-state index contributed by atoms with van der Waals surface area (Å²) >= 11 is 0. The Balaban J connectivity index is 1.48. The maximum absolute atomic E-state index is 12.8. The molecule has 0 saturated carbocycles. The molecular formula is C27H29N5O4. The fourth-order valence-electron chi connectivity index (χ4n) is 3.77. The average molecular weight is 488 g/mol. The Morgan fingerprint density at radius 3 is 2.53 bits per heavy atom. The maximum Gasteiger partial charge on any atom is 0.258 e. The number of nitrogen functional groups attached to an aromatic ring is 1. The minimum Gasteiger partial charge on any atom is -0.492 e. The van der Waals surface area contributed by atoms with E-state index in [-0.39, 0.29) is 11.8 Å². The number of anilines is 2. The number of fused-ring (bicyclic) bond motifs is 1. The van der Waals surface area contributed by atoms with Crippen molar-refractivity contribution < 1.29 is 19.1 Å². The van der Waals surface area contributed by atoms with Crippen molar-refractivity contribution in [1.29, 1.82) is 0 Å². The molecule has 4 rings (SSSR count). The summed E-state index contributed by atoms with van der Waals surface area (Å²) in [5.41, 5.74) is 8.63. The molecular weight excluding hydrogens is 458 g/mol. The number of methoxy groups -OCH3 is 1. The van der Waals surface area contributed by atoms with Crippen molar-refractivity contribution in [3.05, 3.63) is 83.9 Å². The average Bonchev–Trinajstić information content (AvgIpc) is 3.23. The summed E-state index contributed by atoms with van der Waals surface area (Å²) in [5.74, 6) is 0.595. The molecule has 0 saturated heterocycles. The van der Waals surface area contributed by atoms with Gasteiger partial charge in [0, 0.05) is 37.1 Å². The Labute approximate surface area is 209 Å². The number of para-hydroxylation sites is 1. The predicted octanol–water partition coefficient (Wildman–Crippen LogP) is 3.72. The summed E-state index contributed by atoms with van der Waals surface area (Å²) in [4.78, 5) is 30.1. The van der Waals surface area contributed by atoms with Crippen LogP contribution >= 0.6 is 0 Å². The Bertz CT molecular complexity index is 1340.